The first kappa shape index (κ1) is 26.8. The van der Waals surface area contributed by atoms with Crippen molar-refractivity contribution in [2.75, 3.05) is 13.2 Å². The molecule has 1 aromatic carbocycles. The van der Waals surface area contributed by atoms with Crippen LogP contribution in [0.3, 0.4) is 0 Å². The van der Waals surface area contributed by atoms with Crippen molar-refractivity contribution in [3.63, 3.8) is 0 Å². The average molecular weight is 562 g/mol. The summed E-state index contributed by atoms with van der Waals surface area (Å²) < 4.78 is 76.8. The molecular formula is C27H28F5N7O. The Labute approximate surface area is 226 Å². The van der Waals surface area contributed by atoms with Crippen LogP contribution in [0, 0.1) is 0 Å². The van der Waals surface area contributed by atoms with Gasteiger partial charge in [0.15, 0.2) is 0 Å². The molecule has 1 aliphatic heterocycles. The molecule has 8 nitrogen and oxygen atoms in total. The number of ether oxygens (including phenoxy) is 1. The fourth-order valence-corrected chi connectivity index (χ4v) is 5.73. The molecule has 2 atom stereocenters. The highest BCUT2D eigenvalue weighted by Crippen LogP contribution is 2.40. The van der Waals surface area contributed by atoms with E-state index in [0.29, 0.717) is 36.4 Å². The van der Waals surface area contributed by atoms with Gasteiger partial charge in [-0.15, -0.1) is 10.2 Å². The molecule has 0 bridgehead atoms. The van der Waals surface area contributed by atoms with Gasteiger partial charge < -0.3 is 14.6 Å². The van der Waals surface area contributed by atoms with E-state index in [1.807, 2.05) is 29.8 Å². The summed E-state index contributed by atoms with van der Waals surface area (Å²) in [4.78, 5) is 3.91. The number of H-pyrrole nitrogens is 1. The summed E-state index contributed by atoms with van der Waals surface area (Å²) in [6, 6.07) is 7.28. The van der Waals surface area contributed by atoms with Gasteiger partial charge in [0.2, 0.25) is 5.92 Å². The van der Waals surface area contributed by atoms with Crippen molar-refractivity contribution in [3.8, 4) is 11.3 Å². The normalized spacial score (nSPS) is 21.0. The number of nitrogens with zero attached hydrogens (tertiary/aromatic N) is 5. The third-order valence-corrected chi connectivity index (χ3v) is 7.98. The highest BCUT2D eigenvalue weighted by Gasteiger charge is 2.43. The van der Waals surface area contributed by atoms with Gasteiger partial charge in [-0.1, -0.05) is 18.2 Å². The number of halogens is 5. The average Bonchev–Trinajstić information content (AvgIpc) is 3.58. The highest BCUT2D eigenvalue weighted by molar-refractivity contribution is 5.94. The molecule has 1 aliphatic carbocycles. The molecule has 2 fully saturated rings. The minimum Gasteiger partial charge on any atom is -0.379 e. The Morgan fingerprint density at radius 3 is 2.65 bits per heavy atom. The zero-order valence-corrected chi connectivity index (χ0v) is 21.9. The van der Waals surface area contributed by atoms with Crippen LogP contribution in [0.1, 0.15) is 55.0 Å². The quantitative estimate of drug-likeness (QED) is 0.304. The fraction of sp³-hybridized carbons (Fsp3) is 0.481. The Balaban J connectivity index is 1.38. The van der Waals surface area contributed by atoms with Crippen LogP contribution in [0.5, 0.6) is 0 Å². The van der Waals surface area contributed by atoms with Crippen LogP contribution in [-0.2, 0) is 29.8 Å². The molecule has 0 spiro atoms. The minimum atomic E-state index is -4.71. The molecule has 2 aliphatic rings. The second-order valence-electron chi connectivity index (χ2n) is 11.0. The van der Waals surface area contributed by atoms with Gasteiger partial charge in [0, 0.05) is 54.8 Å². The lowest BCUT2D eigenvalue weighted by atomic mass is 9.75. The van der Waals surface area contributed by atoms with Gasteiger partial charge >= 0.3 is 6.18 Å². The third-order valence-electron chi connectivity index (χ3n) is 7.98. The van der Waals surface area contributed by atoms with Crippen molar-refractivity contribution in [3.05, 3.63) is 59.4 Å². The molecule has 1 saturated carbocycles. The predicted molar refractivity (Wildman–Crippen MR) is 136 cm³/mol. The molecule has 212 valence electrons. The van der Waals surface area contributed by atoms with Crippen LogP contribution in [-0.4, -0.2) is 55.1 Å². The highest BCUT2D eigenvalue weighted by atomic mass is 19.4. The lowest BCUT2D eigenvalue weighted by Gasteiger charge is -2.41. The number of alkyl halides is 5. The predicted octanol–water partition coefficient (Wildman–Crippen LogP) is 5.12. The number of pyridine rings is 1. The van der Waals surface area contributed by atoms with E-state index in [1.54, 1.807) is 19.3 Å². The minimum absolute atomic E-state index is 0.0843. The summed E-state index contributed by atoms with van der Waals surface area (Å²) in [7, 11) is 1.87. The maximum atomic E-state index is 14.0. The van der Waals surface area contributed by atoms with Crippen molar-refractivity contribution in [1.82, 2.24) is 35.3 Å². The van der Waals surface area contributed by atoms with Crippen LogP contribution in [0.25, 0.3) is 22.2 Å². The fourth-order valence-electron chi connectivity index (χ4n) is 5.73. The summed E-state index contributed by atoms with van der Waals surface area (Å²) in [5.74, 6) is -1.98. The maximum absolute atomic E-state index is 14.0. The lowest BCUT2D eigenvalue weighted by Crippen LogP contribution is -2.49. The standard InChI is InChI=1S/C27H28F5N7O/c1-15(34-18-6-7-26(28,29)10-18)22-24-19(9-20(35-22)27(30,31)32)23(37-38-24)16-4-3-5-17(8-16)25(12-40-13-25)11-21-36-33-14-39(21)2/h3-5,8-9,14-15,18,34H,6-7,10-13H2,1-2H3,(H,37,38)/t15-,18+/m0/s1. The second kappa shape index (κ2) is 9.58. The zero-order valence-electron chi connectivity index (χ0n) is 21.9. The van der Waals surface area contributed by atoms with Crippen LogP contribution in [0.2, 0.25) is 0 Å². The largest absolute Gasteiger partial charge is 0.433 e. The van der Waals surface area contributed by atoms with E-state index < -0.39 is 29.9 Å². The molecule has 6 rings (SSSR count). The van der Waals surface area contributed by atoms with Crippen molar-refractivity contribution in [2.24, 2.45) is 7.05 Å². The van der Waals surface area contributed by atoms with E-state index in [9.17, 15) is 22.0 Å². The number of hydrogen-bond acceptors (Lipinski definition) is 6. The Hall–Kier alpha value is -3.45. The Kier molecular flexibility index (Phi) is 6.41. The smallest absolute Gasteiger partial charge is 0.379 e. The van der Waals surface area contributed by atoms with E-state index in [4.69, 9.17) is 4.74 Å². The molecule has 2 N–H and O–H groups in total. The van der Waals surface area contributed by atoms with Gasteiger partial charge in [0.25, 0.3) is 0 Å². The van der Waals surface area contributed by atoms with Crippen molar-refractivity contribution in [1.29, 1.82) is 0 Å². The summed E-state index contributed by atoms with van der Waals surface area (Å²) >= 11 is 0. The summed E-state index contributed by atoms with van der Waals surface area (Å²) in [5.41, 5.74) is 0.936. The van der Waals surface area contributed by atoms with Gasteiger partial charge in [-0.25, -0.2) is 13.8 Å². The maximum Gasteiger partial charge on any atom is 0.433 e. The van der Waals surface area contributed by atoms with E-state index >= 15 is 0 Å². The molecule has 0 amide bonds. The number of rotatable bonds is 7. The molecule has 3 aromatic heterocycles. The van der Waals surface area contributed by atoms with Crippen LogP contribution in [0.15, 0.2) is 36.7 Å². The molecule has 40 heavy (non-hydrogen) atoms. The summed E-state index contributed by atoms with van der Waals surface area (Å²) in [5, 5.41) is 18.8. The van der Waals surface area contributed by atoms with E-state index in [0.717, 1.165) is 17.5 Å². The number of fused-ring (bicyclic) bond motifs is 1. The summed E-state index contributed by atoms with van der Waals surface area (Å²) in [6.45, 7) is 2.58. The summed E-state index contributed by atoms with van der Waals surface area (Å²) in [6.07, 6.45) is -2.86. The molecule has 0 radical (unpaired) electrons. The molecular weight excluding hydrogens is 533 g/mol. The lowest BCUT2D eigenvalue weighted by molar-refractivity contribution is -0.141. The second-order valence-corrected chi connectivity index (χ2v) is 11.0. The van der Waals surface area contributed by atoms with Gasteiger partial charge in [-0.05, 0) is 31.0 Å². The van der Waals surface area contributed by atoms with Gasteiger partial charge in [0.1, 0.15) is 23.5 Å². The number of nitrogens with one attached hydrogen (secondary N) is 2. The van der Waals surface area contributed by atoms with E-state index in [1.165, 1.54) is 0 Å². The Morgan fingerprint density at radius 1 is 1.23 bits per heavy atom. The number of aromatic amines is 1. The van der Waals surface area contributed by atoms with Gasteiger partial charge in [-0.3, -0.25) is 5.10 Å². The van der Waals surface area contributed by atoms with Crippen LogP contribution >= 0.6 is 0 Å². The first-order chi connectivity index (χ1) is 18.9. The Morgan fingerprint density at radius 2 is 2.02 bits per heavy atom. The third kappa shape index (κ3) is 4.85. The monoisotopic (exact) mass is 561 g/mol. The molecule has 13 heteroatoms. The zero-order chi connectivity index (χ0) is 28.3. The van der Waals surface area contributed by atoms with Crippen molar-refractivity contribution < 1.29 is 26.7 Å². The number of benzene rings is 1. The van der Waals surface area contributed by atoms with Crippen molar-refractivity contribution >= 4 is 10.9 Å². The van der Waals surface area contributed by atoms with Crippen molar-refractivity contribution in [2.45, 2.75) is 62.2 Å². The number of hydrogen-bond donors (Lipinski definition) is 2. The van der Waals surface area contributed by atoms with E-state index in [-0.39, 0.29) is 35.8 Å². The first-order valence-corrected chi connectivity index (χ1v) is 13.1. The molecule has 0 unspecified atom stereocenters. The molecule has 1 saturated heterocycles. The van der Waals surface area contributed by atoms with E-state index in [2.05, 4.69) is 30.7 Å². The van der Waals surface area contributed by atoms with Gasteiger partial charge in [0.05, 0.1) is 24.4 Å². The van der Waals surface area contributed by atoms with Gasteiger partial charge in [-0.2, -0.15) is 18.3 Å². The number of aryl methyl sites for hydroxylation is 1. The molecule has 4 aromatic rings. The molecule has 4 heterocycles. The van der Waals surface area contributed by atoms with Crippen LogP contribution < -0.4 is 5.32 Å². The van der Waals surface area contributed by atoms with Crippen LogP contribution in [0.4, 0.5) is 22.0 Å². The number of aromatic nitrogens is 6. The Bertz CT molecular complexity index is 1540. The first-order valence-electron chi connectivity index (χ1n) is 13.1. The SMILES string of the molecule is C[C@H](N[C@@H]1CCC(F)(F)C1)c1nc(C(F)(F)F)cc2c(-c3cccc(C4(Cc5nncn5C)COC4)c3)n[nH]c12. The topological polar surface area (TPSA) is 93.5 Å².